The van der Waals surface area contributed by atoms with Crippen LogP contribution in [0.25, 0.3) is 0 Å². The standard InChI is InChI=1S/C45H89N3O4/c1-9-11-13-25-31-37-50-46-35-29-23-19-15-17-21-27-33-42(52-43(49)39-44(3,4)40-45(5,6)41-48(7)8)34-28-22-18-16-20-24-30-36-47-51-38-32-26-14-12-10-2/h35-36,42H,9-34,37-41H2,1-8H3/b46-35-,47-36-. The van der Waals surface area contributed by atoms with E-state index < -0.39 is 0 Å². The van der Waals surface area contributed by atoms with Gasteiger partial charge in [0.25, 0.3) is 0 Å². The summed E-state index contributed by atoms with van der Waals surface area (Å²) in [5.41, 5.74) is 0.0617. The van der Waals surface area contributed by atoms with Gasteiger partial charge in [-0.1, -0.05) is 142 Å². The molecule has 7 nitrogen and oxygen atoms in total. The third kappa shape index (κ3) is 36.7. The second kappa shape index (κ2) is 35.1. The number of hydrogen-bond acceptors (Lipinski definition) is 7. The second-order valence-electron chi connectivity index (χ2n) is 17.5. The molecule has 0 saturated carbocycles. The Hall–Kier alpha value is -1.63. The summed E-state index contributed by atoms with van der Waals surface area (Å²) in [6.45, 7) is 16.1. The minimum Gasteiger partial charge on any atom is -0.462 e. The van der Waals surface area contributed by atoms with E-state index in [1.54, 1.807) is 0 Å². The molecular weight excluding hydrogens is 647 g/mol. The average Bonchev–Trinajstić information content (AvgIpc) is 3.06. The third-order valence-corrected chi connectivity index (χ3v) is 9.82. The number of unbranched alkanes of at least 4 members (excludes halogenated alkanes) is 20. The van der Waals surface area contributed by atoms with Crippen molar-refractivity contribution in [3.05, 3.63) is 0 Å². The van der Waals surface area contributed by atoms with Crippen molar-refractivity contribution >= 4 is 18.4 Å². The number of oxime groups is 2. The van der Waals surface area contributed by atoms with Gasteiger partial charge in [-0.2, -0.15) is 0 Å². The maximum atomic E-state index is 13.2. The van der Waals surface area contributed by atoms with Gasteiger partial charge < -0.3 is 19.3 Å². The number of carbonyl (C=O) groups excluding carboxylic acids is 1. The van der Waals surface area contributed by atoms with Crippen LogP contribution in [0.15, 0.2) is 10.3 Å². The molecule has 0 aromatic rings. The lowest BCUT2D eigenvalue weighted by Crippen LogP contribution is -2.34. The number of carbonyl (C=O) groups is 1. The molecule has 0 N–H and O–H groups in total. The second-order valence-corrected chi connectivity index (χ2v) is 17.5. The Labute approximate surface area is 324 Å². The summed E-state index contributed by atoms with van der Waals surface area (Å²) in [6.07, 6.45) is 36.4. The smallest absolute Gasteiger partial charge is 0.306 e. The molecule has 0 aliphatic heterocycles. The lowest BCUT2D eigenvalue weighted by atomic mass is 9.73. The van der Waals surface area contributed by atoms with E-state index in [1.165, 1.54) is 116 Å². The zero-order valence-corrected chi connectivity index (χ0v) is 36.1. The first-order valence-corrected chi connectivity index (χ1v) is 22.1. The van der Waals surface area contributed by atoms with Gasteiger partial charge in [-0.25, -0.2) is 0 Å². The number of rotatable bonds is 39. The molecule has 0 heterocycles. The first-order valence-electron chi connectivity index (χ1n) is 22.1. The first kappa shape index (κ1) is 50.4. The van der Waals surface area contributed by atoms with Gasteiger partial charge in [0.05, 0.1) is 6.42 Å². The van der Waals surface area contributed by atoms with Gasteiger partial charge in [0, 0.05) is 19.0 Å². The zero-order valence-electron chi connectivity index (χ0n) is 36.1. The molecule has 0 aliphatic rings. The molecule has 308 valence electrons. The molecule has 0 saturated heterocycles. The Morgan fingerprint density at radius 3 is 1.42 bits per heavy atom. The van der Waals surface area contributed by atoms with E-state index in [9.17, 15) is 4.79 Å². The van der Waals surface area contributed by atoms with Gasteiger partial charge >= 0.3 is 5.97 Å². The highest BCUT2D eigenvalue weighted by Gasteiger charge is 2.32. The van der Waals surface area contributed by atoms with Crippen molar-refractivity contribution < 1.29 is 19.2 Å². The summed E-state index contributed by atoms with van der Waals surface area (Å²) in [6, 6.07) is 0. The Morgan fingerprint density at radius 2 is 0.981 bits per heavy atom. The summed E-state index contributed by atoms with van der Waals surface area (Å²) in [5, 5.41) is 8.25. The SMILES string of the molecule is CCCCCCCO/N=C\CCCCCCCCC(CCCCCCCC/C=N\OCCCCCCC)OC(=O)CC(C)(C)CC(C)(C)CN(C)C. The van der Waals surface area contributed by atoms with Crippen LogP contribution in [0, 0.1) is 10.8 Å². The lowest BCUT2D eigenvalue weighted by molar-refractivity contribution is -0.152. The summed E-state index contributed by atoms with van der Waals surface area (Å²) in [4.78, 5) is 26.3. The maximum absolute atomic E-state index is 13.2. The molecule has 52 heavy (non-hydrogen) atoms. The largest absolute Gasteiger partial charge is 0.462 e. The molecular formula is C45H89N3O4. The third-order valence-electron chi connectivity index (χ3n) is 9.82. The summed E-state index contributed by atoms with van der Waals surface area (Å²) < 4.78 is 6.23. The highest BCUT2D eigenvalue weighted by atomic mass is 16.6. The number of ether oxygens (including phenoxy) is 1. The summed E-state index contributed by atoms with van der Waals surface area (Å²) in [7, 11) is 4.25. The van der Waals surface area contributed by atoms with E-state index >= 15 is 0 Å². The van der Waals surface area contributed by atoms with Crippen LogP contribution in [0.1, 0.15) is 221 Å². The monoisotopic (exact) mass is 736 g/mol. The van der Waals surface area contributed by atoms with Crippen LogP contribution in [-0.2, 0) is 19.2 Å². The van der Waals surface area contributed by atoms with Crippen LogP contribution in [-0.4, -0.2) is 63.3 Å². The molecule has 0 radical (unpaired) electrons. The fourth-order valence-electron chi connectivity index (χ4n) is 7.64. The lowest BCUT2D eigenvalue weighted by Gasteiger charge is -2.36. The first-order chi connectivity index (χ1) is 25.0. The molecule has 0 fully saturated rings. The van der Waals surface area contributed by atoms with Gasteiger partial charge in [-0.15, -0.1) is 0 Å². The molecule has 0 bridgehead atoms. The molecule has 0 aromatic carbocycles. The normalized spacial score (nSPS) is 12.6. The van der Waals surface area contributed by atoms with Crippen molar-refractivity contribution in [2.45, 2.75) is 227 Å². The maximum Gasteiger partial charge on any atom is 0.306 e. The molecule has 0 aliphatic carbocycles. The van der Waals surface area contributed by atoms with E-state index in [4.69, 9.17) is 14.4 Å². The van der Waals surface area contributed by atoms with Crippen molar-refractivity contribution in [1.82, 2.24) is 4.90 Å². The highest BCUT2D eigenvalue weighted by molar-refractivity contribution is 5.70. The van der Waals surface area contributed by atoms with Crippen LogP contribution in [0.2, 0.25) is 0 Å². The predicted octanol–water partition coefficient (Wildman–Crippen LogP) is 13.5. The number of hydrogen-bond donors (Lipinski definition) is 0. The summed E-state index contributed by atoms with van der Waals surface area (Å²) in [5.74, 6) is -0.0140. The molecule has 0 rings (SSSR count). The Balaban J connectivity index is 4.41. The molecule has 0 spiro atoms. The van der Waals surface area contributed by atoms with E-state index in [0.29, 0.717) is 6.42 Å². The van der Waals surface area contributed by atoms with Crippen molar-refractivity contribution in [2.75, 3.05) is 33.9 Å². The van der Waals surface area contributed by atoms with E-state index in [-0.39, 0.29) is 22.9 Å². The Morgan fingerprint density at radius 1 is 0.577 bits per heavy atom. The van der Waals surface area contributed by atoms with Crippen LogP contribution in [0.3, 0.4) is 0 Å². The van der Waals surface area contributed by atoms with E-state index in [1.807, 2.05) is 12.4 Å². The van der Waals surface area contributed by atoms with E-state index in [2.05, 4.69) is 70.8 Å². The fourth-order valence-corrected chi connectivity index (χ4v) is 7.64. The molecule has 0 unspecified atom stereocenters. The minimum absolute atomic E-state index is 0.0140. The van der Waals surface area contributed by atoms with Crippen LogP contribution >= 0.6 is 0 Å². The Kier molecular flexibility index (Phi) is 34.0. The van der Waals surface area contributed by atoms with Crippen LogP contribution < -0.4 is 0 Å². The predicted molar refractivity (Wildman–Crippen MR) is 226 cm³/mol. The fraction of sp³-hybridized carbons (Fsp3) is 0.933. The van der Waals surface area contributed by atoms with Gasteiger partial charge in [-0.3, -0.25) is 4.79 Å². The number of nitrogens with zero attached hydrogens (tertiary/aromatic N) is 3. The molecule has 0 amide bonds. The van der Waals surface area contributed by atoms with E-state index in [0.717, 1.165) is 77.5 Å². The zero-order chi connectivity index (χ0) is 38.6. The molecule has 0 aromatic heterocycles. The van der Waals surface area contributed by atoms with Gasteiger partial charge in [0.1, 0.15) is 19.3 Å². The van der Waals surface area contributed by atoms with Crippen molar-refractivity contribution in [2.24, 2.45) is 21.1 Å². The highest BCUT2D eigenvalue weighted by Crippen LogP contribution is 2.37. The number of esters is 1. The van der Waals surface area contributed by atoms with Crippen molar-refractivity contribution in [1.29, 1.82) is 0 Å². The Bertz CT molecular complexity index is 800. The topological polar surface area (TPSA) is 72.7 Å². The van der Waals surface area contributed by atoms with Crippen LogP contribution in [0.4, 0.5) is 0 Å². The van der Waals surface area contributed by atoms with Gasteiger partial charge in [0.15, 0.2) is 0 Å². The van der Waals surface area contributed by atoms with Crippen molar-refractivity contribution in [3.8, 4) is 0 Å². The molecule has 0 atom stereocenters. The quantitative estimate of drug-likeness (QED) is 0.0272. The molecule has 7 heteroatoms. The van der Waals surface area contributed by atoms with Gasteiger partial charge in [-0.05, 0) is 108 Å². The minimum atomic E-state index is -0.0860. The van der Waals surface area contributed by atoms with Gasteiger partial charge in [0.2, 0.25) is 0 Å². The van der Waals surface area contributed by atoms with Crippen LogP contribution in [0.5, 0.6) is 0 Å². The average molecular weight is 736 g/mol. The summed E-state index contributed by atoms with van der Waals surface area (Å²) >= 11 is 0. The van der Waals surface area contributed by atoms with Crippen molar-refractivity contribution in [3.63, 3.8) is 0 Å².